The Bertz CT molecular complexity index is 870. The maximum absolute atomic E-state index is 12.8. The summed E-state index contributed by atoms with van der Waals surface area (Å²) in [5.74, 6) is -0.201. The summed E-state index contributed by atoms with van der Waals surface area (Å²) in [5, 5.41) is 15.5. The number of benzene rings is 2. The number of amides is 1. The van der Waals surface area contributed by atoms with Crippen LogP contribution in [0, 0.1) is 5.82 Å². The van der Waals surface area contributed by atoms with Gasteiger partial charge in [0.1, 0.15) is 5.82 Å². The molecule has 1 amide bonds. The fourth-order valence-electron chi connectivity index (χ4n) is 2.19. The molecule has 0 spiro atoms. The van der Waals surface area contributed by atoms with Crippen LogP contribution in [0.2, 0.25) is 5.02 Å². The van der Waals surface area contributed by atoms with Crippen LogP contribution in [0.15, 0.2) is 53.7 Å². The third-order valence-corrected chi connectivity index (χ3v) is 4.66. The van der Waals surface area contributed by atoms with Crippen molar-refractivity contribution in [1.82, 2.24) is 25.5 Å². The first-order chi connectivity index (χ1) is 12.6. The highest BCUT2D eigenvalue weighted by Gasteiger charge is 2.11. The van der Waals surface area contributed by atoms with E-state index >= 15 is 0 Å². The van der Waals surface area contributed by atoms with Crippen molar-refractivity contribution in [2.24, 2.45) is 0 Å². The number of carbonyl (C=O) groups excluding carboxylic acids is 1. The van der Waals surface area contributed by atoms with Crippen molar-refractivity contribution < 1.29 is 9.18 Å². The standard InChI is InChI=1S/C17H15ClFN5OS/c18-13-3-7-15(8-4-13)24-17(21-22-23-24)26-11-16(25)20-10-9-12-1-5-14(19)6-2-12/h1-8H,9-11H2,(H,20,25). The van der Waals surface area contributed by atoms with Gasteiger partial charge >= 0.3 is 0 Å². The second-order valence-corrected chi connectivity index (χ2v) is 6.74. The van der Waals surface area contributed by atoms with Gasteiger partial charge in [-0.1, -0.05) is 35.5 Å². The van der Waals surface area contributed by atoms with Gasteiger partial charge in [-0.25, -0.2) is 4.39 Å². The number of hydrogen-bond donors (Lipinski definition) is 1. The Kier molecular flexibility index (Phi) is 6.19. The first kappa shape index (κ1) is 18.3. The van der Waals surface area contributed by atoms with Gasteiger partial charge in [-0.2, -0.15) is 4.68 Å². The van der Waals surface area contributed by atoms with Gasteiger partial charge in [0.05, 0.1) is 11.4 Å². The van der Waals surface area contributed by atoms with Crippen LogP contribution in [0.3, 0.4) is 0 Å². The summed E-state index contributed by atoms with van der Waals surface area (Å²) in [6.07, 6.45) is 0.638. The highest BCUT2D eigenvalue weighted by Crippen LogP contribution is 2.19. The van der Waals surface area contributed by atoms with E-state index in [1.807, 2.05) is 0 Å². The van der Waals surface area contributed by atoms with E-state index in [2.05, 4.69) is 20.8 Å². The lowest BCUT2D eigenvalue weighted by Gasteiger charge is -2.06. The van der Waals surface area contributed by atoms with Crippen molar-refractivity contribution in [3.63, 3.8) is 0 Å². The lowest BCUT2D eigenvalue weighted by Crippen LogP contribution is -2.27. The predicted octanol–water partition coefficient (Wildman–Crippen LogP) is 2.91. The molecule has 0 aliphatic rings. The number of halogens is 2. The number of aromatic nitrogens is 4. The van der Waals surface area contributed by atoms with Gasteiger partial charge in [0.25, 0.3) is 0 Å². The molecule has 0 fully saturated rings. The molecule has 0 atom stereocenters. The number of carbonyl (C=O) groups is 1. The SMILES string of the molecule is O=C(CSc1nnnn1-c1ccc(Cl)cc1)NCCc1ccc(F)cc1. The van der Waals surface area contributed by atoms with E-state index in [1.165, 1.54) is 23.9 Å². The van der Waals surface area contributed by atoms with Crippen molar-refractivity contribution >= 4 is 29.3 Å². The minimum atomic E-state index is -0.271. The first-order valence-electron chi connectivity index (χ1n) is 7.80. The number of nitrogens with zero attached hydrogens (tertiary/aromatic N) is 4. The molecule has 0 aliphatic heterocycles. The lowest BCUT2D eigenvalue weighted by atomic mass is 10.1. The van der Waals surface area contributed by atoms with Crippen molar-refractivity contribution in [3.05, 3.63) is 64.9 Å². The van der Waals surface area contributed by atoms with Crippen LogP contribution in [0.4, 0.5) is 4.39 Å². The van der Waals surface area contributed by atoms with E-state index in [0.717, 1.165) is 11.3 Å². The summed E-state index contributed by atoms with van der Waals surface area (Å²) in [6, 6.07) is 13.3. The second kappa shape index (κ2) is 8.77. The third kappa shape index (κ3) is 5.03. The maximum atomic E-state index is 12.8. The van der Waals surface area contributed by atoms with Crippen molar-refractivity contribution in [2.45, 2.75) is 11.6 Å². The van der Waals surface area contributed by atoms with E-state index < -0.39 is 0 Å². The predicted molar refractivity (Wildman–Crippen MR) is 98.0 cm³/mol. The highest BCUT2D eigenvalue weighted by molar-refractivity contribution is 7.99. The summed E-state index contributed by atoms with van der Waals surface area (Å²) >= 11 is 7.12. The molecule has 0 unspecified atom stereocenters. The number of rotatable bonds is 7. The van der Waals surface area contributed by atoms with Crippen molar-refractivity contribution in [3.8, 4) is 5.69 Å². The van der Waals surface area contributed by atoms with E-state index in [-0.39, 0.29) is 17.5 Å². The van der Waals surface area contributed by atoms with Crippen LogP contribution < -0.4 is 5.32 Å². The van der Waals surface area contributed by atoms with E-state index in [1.54, 1.807) is 41.1 Å². The molecular formula is C17H15ClFN5OS. The average Bonchev–Trinajstić information content (AvgIpc) is 3.11. The Morgan fingerprint density at radius 3 is 2.62 bits per heavy atom. The van der Waals surface area contributed by atoms with Gasteiger partial charge in [0.15, 0.2) is 0 Å². The van der Waals surface area contributed by atoms with Gasteiger partial charge < -0.3 is 5.32 Å². The Morgan fingerprint density at radius 2 is 1.88 bits per heavy atom. The molecule has 0 radical (unpaired) electrons. The summed E-state index contributed by atoms with van der Waals surface area (Å²) < 4.78 is 14.4. The molecular weight excluding hydrogens is 377 g/mol. The maximum Gasteiger partial charge on any atom is 0.230 e. The zero-order valence-electron chi connectivity index (χ0n) is 13.6. The first-order valence-corrected chi connectivity index (χ1v) is 9.16. The third-order valence-electron chi connectivity index (χ3n) is 3.49. The number of tetrazole rings is 1. The normalized spacial score (nSPS) is 10.7. The molecule has 2 aromatic carbocycles. The van der Waals surface area contributed by atoms with Crippen LogP contribution >= 0.6 is 23.4 Å². The van der Waals surface area contributed by atoms with E-state index in [9.17, 15) is 9.18 Å². The van der Waals surface area contributed by atoms with Crippen molar-refractivity contribution in [2.75, 3.05) is 12.3 Å². The van der Waals surface area contributed by atoms with Crippen LogP contribution in [-0.4, -0.2) is 38.4 Å². The van der Waals surface area contributed by atoms with Crippen molar-refractivity contribution in [1.29, 1.82) is 0 Å². The lowest BCUT2D eigenvalue weighted by molar-refractivity contribution is -0.118. The minimum Gasteiger partial charge on any atom is -0.355 e. The van der Waals surface area contributed by atoms with Gasteiger partial charge in [0, 0.05) is 11.6 Å². The highest BCUT2D eigenvalue weighted by atomic mass is 35.5. The second-order valence-electron chi connectivity index (χ2n) is 5.36. The Labute approximate surface area is 158 Å². The topological polar surface area (TPSA) is 72.7 Å². The van der Waals surface area contributed by atoms with Crippen LogP contribution in [0.25, 0.3) is 5.69 Å². The van der Waals surface area contributed by atoms with E-state index in [4.69, 9.17) is 11.6 Å². The van der Waals surface area contributed by atoms with Gasteiger partial charge in [-0.05, 0) is 58.8 Å². The Morgan fingerprint density at radius 1 is 1.15 bits per heavy atom. The molecule has 3 aromatic rings. The monoisotopic (exact) mass is 391 g/mol. The fraction of sp³-hybridized carbons (Fsp3) is 0.176. The molecule has 0 aliphatic carbocycles. The smallest absolute Gasteiger partial charge is 0.230 e. The molecule has 134 valence electrons. The summed E-state index contributed by atoms with van der Waals surface area (Å²) in [7, 11) is 0. The molecule has 1 heterocycles. The van der Waals surface area contributed by atoms with Gasteiger partial charge in [0.2, 0.25) is 11.1 Å². The molecule has 6 nitrogen and oxygen atoms in total. The largest absolute Gasteiger partial charge is 0.355 e. The van der Waals surface area contributed by atoms with Gasteiger partial charge in [-0.15, -0.1) is 5.10 Å². The minimum absolute atomic E-state index is 0.122. The summed E-state index contributed by atoms with van der Waals surface area (Å²) in [6.45, 7) is 0.479. The number of hydrogen-bond acceptors (Lipinski definition) is 5. The van der Waals surface area contributed by atoms with E-state index in [0.29, 0.717) is 23.1 Å². The molecule has 0 saturated carbocycles. The quantitative estimate of drug-likeness (QED) is 0.627. The van der Waals surface area contributed by atoms with Crippen LogP contribution in [0.5, 0.6) is 0 Å². The molecule has 0 saturated heterocycles. The Balaban J connectivity index is 1.48. The molecule has 1 N–H and O–H groups in total. The number of thioether (sulfide) groups is 1. The molecule has 9 heteroatoms. The zero-order chi connectivity index (χ0) is 18.4. The summed E-state index contributed by atoms with van der Waals surface area (Å²) in [5.41, 5.74) is 1.73. The molecule has 3 rings (SSSR count). The molecule has 1 aromatic heterocycles. The molecule has 0 bridgehead atoms. The number of nitrogens with one attached hydrogen (secondary N) is 1. The van der Waals surface area contributed by atoms with Gasteiger partial charge in [-0.3, -0.25) is 4.79 Å². The zero-order valence-corrected chi connectivity index (χ0v) is 15.2. The fourth-order valence-corrected chi connectivity index (χ4v) is 3.04. The Hall–Kier alpha value is -2.45. The molecule has 26 heavy (non-hydrogen) atoms. The van der Waals surface area contributed by atoms with Crippen LogP contribution in [0.1, 0.15) is 5.56 Å². The average molecular weight is 392 g/mol. The summed E-state index contributed by atoms with van der Waals surface area (Å²) in [4.78, 5) is 12.0. The van der Waals surface area contributed by atoms with Crippen LogP contribution in [-0.2, 0) is 11.2 Å².